The first-order valence-corrected chi connectivity index (χ1v) is 13.0. The summed E-state index contributed by atoms with van der Waals surface area (Å²) in [6, 6.07) is 10.9. The number of benzene rings is 1. The van der Waals surface area contributed by atoms with Crippen LogP contribution in [0.5, 0.6) is 0 Å². The van der Waals surface area contributed by atoms with Crippen LogP contribution in [0.4, 0.5) is 5.82 Å². The summed E-state index contributed by atoms with van der Waals surface area (Å²) in [5.41, 5.74) is 4.08. The minimum absolute atomic E-state index is 0.180. The van der Waals surface area contributed by atoms with Crippen molar-refractivity contribution in [1.82, 2.24) is 10.3 Å². The van der Waals surface area contributed by atoms with Gasteiger partial charge in [0.2, 0.25) is 0 Å². The monoisotopic (exact) mass is 477 g/mol. The Bertz CT molecular complexity index is 1060. The number of rotatable bonds is 11. The molecule has 1 amide bonds. The number of aromatic nitrogens is 1. The lowest BCUT2D eigenvalue weighted by atomic mass is 9.79. The summed E-state index contributed by atoms with van der Waals surface area (Å²) in [5, 5.41) is 15.7. The maximum absolute atomic E-state index is 12.8. The smallest absolute Gasteiger partial charge is 0.326 e. The predicted molar refractivity (Wildman–Crippen MR) is 134 cm³/mol. The van der Waals surface area contributed by atoms with E-state index in [-0.39, 0.29) is 18.4 Å². The lowest BCUT2D eigenvalue weighted by Crippen LogP contribution is -2.42. The Morgan fingerprint density at radius 3 is 2.80 bits per heavy atom. The van der Waals surface area contributed by atoms with Crippen molar-refractivity contribution < 1.29 is 19.4 Å². The Labute approximate surface area is 206 Å². The molecule has 35 heavy (non-hydrogen) atoms. The van der Waals surface area contributed by atoms with Gasteiger partial charge in [-0.2, -0.15) is 0 Å². The molecule has 0 spiro atoms. The number of fused-ring (bicyclic) bond motifs is 1. The van der Waals surface area contributed by atoms with E-state index in [0.29, 0.717) is 24.0 Å². The Morgan fingerprint density at radius 1 is 1.17 bits per heavy atom. The lowest BCUT2D eigenvalue weighted by molar-refractivity contribution is -0.140. The largest absolute Gasteiger partial charge is 0.480 e. The Morgan fingerprint density at radius 2 is 2.00 bits per heavy atom. The molecular weight excluding hydrogens is 442 g/mol. The van der Waals surface area contributed by atoms with Gasteiger partial charge in [-0.25, -0.2) is 9.78 Å². The third-order valence-electron chi connectivity index (χ3n) is 7.54. The minimum atomic E-state index is -1.02. The molecular formula is C28H35N3O4. The number of amides is 1. The summed E-state index contributed by atoms with van der Waals surface area (Å²) >= 11 is 0. The second kappa shape index (κ2) is 10.8. The fraction of sp³-hybridized carbons (Fsp3) is 0.536. The summed E-state index contributed by atoms with van der Waals surface area (Å²) in [7, 11) is 0. The van der Waals surface area contributed by atoms with Gasteiger partial charge in [0.25, 0.3) is 5.91 Å². The summed E-state index contributed by atoms with van der Waals surface area (Å²) in [5.74, 6) is 0.771. The SMILES string of the molecule is O=C(N[C@@H](CCO[C@H]1C[C@H](CCc2ccc3c(n2)NCCC3)C1)C(=O)O)c1ccccc1C1CC1. The molecule has 2 fully saturated rings. The first-order chi connectivity index (χ1) is 17.1. The highest BCUT2D eigenvalue weighted by Gasteiger charge is 2.31. The molecule has 3 aliphatic rings. The van der Waals surface area contributed by atoms with Crippen LogP contribution < -0.4 is 10.6 Å². The van der Waals surface area contributed by atoms with Gasteiger partial charge in [0.1, 0.15) is 11.9 Å². The van der Waals surface area contributed by atoms with Gasteiger partial charge in [-0.1, -0.05) is 24.3 Å². The first-order valence-electron chi connectivity index (χ1n) is 13.0. The molecule has 1 aromatic carbocycles. The van der Waals surface area contributed by atoms with Gasteiger partial charge in [0.15, 0.2) is 0 Å². The van der Waals surface area contributed by atoms with E-state index in [1.165, 1.54) is 12.0 Å². The van der Waals surface area contributed by atoms with Crippen molar-refractivity contribution in [3.8, 4) is 0 Å². The first kappa shape index (κ1) is 23.8. The van der Waals surface area contributed by atoms with E-state index in [1.54, 1.807) is 6.07 Å². The molecule has 2 heterocycles. The van der Waals surface area contributed by atoms with E-state index in [9.17, 15) is 14.7 Å². The summed E-state index contributed by atoms with van der Waals surface area (Å²) in [6.45, 7) is 1.34. The van der Waals surface area contributed by atoms with Crippen molar-refractivity contribution in [3.63, 3.8) is 0 Å². The van der Waals surface area contributed by atoms with Gasteiger partial charge >= 0.3 is 5.97 Å². The number of carbonyl (C=O) groups excluding carboxylic acids is 1. The molecule has 7 heteroatoms. The number of aliphatic carboxylic acids is 1. The van der Waals surface area contributed by atoms with Crippen molar-refractivity contribution in [2.75, 3.05) is 18.5 Å². The fourth-order valence-electron chi connectivity index (χ4n) is 5.21. The Kier molecular flexibility index (Phi) is 7.32. The van der Waals surface area contributed by atoms with E-state index in [1.807, 2.05) is 18.2 Å². The van der Waals surface area contributed by atoms with Crippen LogP contribution in [0.15, 0.2) is 36.4 Å². The molecule has 1 atom stereocenters. The number of carbonyl (C=O) groups is 2. The summed E-state index contributed by atoms with van der Waals surface area (Å²) < 4.78 is 5.93. The highest BCUT2D eigenvalue weighted by Crippen LogP contribution is 2.41. The van der Waals surface area contributed by atoms with Crippen molar-refractivity contribution >= 4 is 17.7 Å². The van der Waals surface area contributed by atoms with Crippen LogP contribution in [-0.4, -0.2) is 47.3 Å². The van der Waals surface area contributed by atoms with Crippen LogP contribution in [0.1, 0.15) is 78.0 Å². The zero-order valence-electron chi connectivity index (χ0n) is 20.2. The number of nitrogens with one attached hydrogen (secondary N) is 2. The highest BCUT2D eigenvalue weighted by molar-refractivity contribution is 5.98. The predicted octanol–water partition coefficient (Wildman–Crippen LogP) is 4.32. The third-order valence-corrected chi connectivity index (χ3v) is 7.54. The molecule has 0 radical (unpaired) electrons. The average molecular weight is 478 g/mol. The number of hydrogen-bond donors (Lipinski definition) is 3. The van der Waals surface area contributed by atoms with Crippen LogP contribution in [-0.2, 0) is 22.4 Å². The van der Waals surface area contributed by atoms with Crippen LogP contribution in [0.25, 0.3) is 0 Å². The van der Waals surface area contributed by atoms with E-state index < -0.39 is 12.0 Å². The Hall–Kier alpha value is -2.93. The van der Waals surface area contributed by atoms with Crippen molar-refractivity contribution in [3.05, 3.63) is 58.8 Å². The highest BCUT2D eigenvalue weighted by atomic mass is 16.5. The van der Waals surface area contributed by atoms with E-state index in [4.69, 9.17) is 9.72 Å². The quantitative estimate of drug-likeness (QED) is 0.446. The molecule has 0 unspecified atom stereocenters. The van der Waals surface area contributed by atoms with E-state index in [2.05, 4.69) is 22.8 Å². The molecule has 2 aliphatic carbocycles. The van der Waals surface area contributed by atoms with Gasteiger partial charge in [0.05, 0.1) is 6.10 Å². The average Bonchev–Trinajstić information content (AvgIpc) is 3.69. The maximum Gasteiger partial charge on any atom is 0.326 e. The molecule has 186 valence electrons. The molecule has 1 aliphatic heterocycles. The van der Waals surface area contributed by atoms with Gasteiger partial charge in [0, 0.05) is 30.8 Å². The number of carboxylic acids is 1. The molecule has 2 aromatic rings. The number of pyridine rings is 1. The lowest BCUT2D eigenvalue weighted by Gasteiger charge is -2.35. The van der Waals surface area contributed by atoms with Gasteiger partial charge in [-0.05, 0) is 86.5 Å². The van der Waals surface area contributed by atoms with Crippen LogP contribution in [0.3, 0.4) is 0 Å². The van der Waals surface area contributed by atoms with Crippen LogP contribution in [0, 0.1) is 5.92 Å². The Balaban J connectivity index is 1.02. The topological polar surface area (TPSA) is 101 Å². The molecule has 5 rings (SSSR count). The van der Waals surface area contributed by atoms with Crippen LogP contribution >= 0.6 is 0 Å². The molecule has 0 saturated heterocycles. The zero-order valence-corrected chi connectivity index (χ0v) is 20.2. The zero-order chi connectivity index (χ0) is 24.2. The van der Waals surface area contributed by atoms with Crippen molar-refractivity contribution in [2.45, 2.75) is 75.9 Å². The van der Waals surface area contributed by atoms with Gasteiger partial charge < -0.3 is 20.5 Å². The van der Waals surface area contributed by atoms with Crippen molar-refractivity contribution in [1.29, 1.82) is 0 Å². The van der Waals surface area contributed by atoms with E-state index >= 15 is 0 Å². The number of anilines is 1. The summed E-state index contributed by atoms with van der Waals surface area (Å²) in [6.07, 6.45) is 8.97. The standard InChI is InChI=1S/C28H35N3O4/c32-27(24-6-2-1-5-23(24)19-8-9-19)31-25(28(33)34)13-15-35-22-16-18(17-22)7-11-21-12-10-20-4-3-14-29-26(20)30-21/h1-2,5-6,10,12,18-19,22,25H,3-4,7-9,11,13-17H2,(H,29,30)(H,31,32)(H,33,34)/t18-,22-,25-/m0/s1. The molecule has 1 aromatic heterocycles. The molecule has 2 saturated carbocycles. The normalized spacial score (nSPS) is 21.8. The second-order valence-electron chi connectivity index (χ2n) is 10.2. The van der Waals surface area contributed by atoms with Gasteiger partial charge in [-0.3, -0.25) is 4.79 Å². The molecule has 7 nitrogen and oxygen atoms in total. The second-order valence-corrected chi connectivity index (χ2v) is 10.2. The number of ether oxygens (including phenoxy) is 1. The maximum atomic E-state index is 12.8. The molecule has 0 bridgehead atoms. The molecule has 3 N–H and O–H groups in total. The van der Waals surface area contributed by atoms with Crippen LogP contribution in [0.2, 0.25) is 0 Å². The number of nitrogens with zero attached hydrogens (tertiary/aromatic N) is 1. The number of hydrogen-bond acceptors (Lipinski definition) is 5. The third kappa shape index (κ3) is 6.01. The van der Waals surface area contributed by atoms with Crippen molar-refractivity contribution in [2.24, 2.45) is 5.92 Å². The van der Waals surface area contributed by atoms with E-state index in [0.717, 1.165) is 68.6 Å². The number of aryl methyl sites for hydroxylation is 2. The van der Waals surface area contributed by atoms with Gasteiger partial charge in [-0.15, -0.1) is 0 Å². The fourth-order valence-corrected chi connectivity index (χ4v) is 5.21. The minimum Gasteiger partial charge on any atom is -0.480 e. The summed E-state index contributed by atoms with van der Waals surface area (Å²) in [4.78, 5) is 29.3. The number of carboxylic acid groups (broad SMARTS) is 1.